The van der Waals surface area contributed by atoms with E-state index in [1.165, 1.54) is 132 Å². The topological polar surface area (TPSA) is 6.48 Å². The quantitative estimate of drug-likeness (QED) is 0.162. The molecule has 0 bridgehead atoms. The van der Waals surface area contributed by atoms with Gasteiger partial charge in [0.2, 0.25) is 0 Å². The lowest BCUT2D eigenvalue weighted by atomic mass is 9.36. The summed E-state index contributed by atoms with van der Waals surface area (Å²) in [5, 5.41) is 1.31. The fourth-order valence-corrected chi connectivity index (χ4v) is 14.8. The van der Waals surface area contributed by atoms with Crippen molar-refractivity contribution < 1.29 is 0 Å². The van der Waals surface area contributed by atoms with Gasteiger partial charge in [-0.1, -0.05) is 194 Å². The van der Waals surface area contributed by atoms with E-state index in [4.69, 9.17) is 0 Å². The van der Waals surface area contributed by atoms with Crippen molar-refractivity contribution in [2.24, 2.45) is 0 Å². The fraction of sp³-hybridized carbons (Fsp3) is 0.188. The van der Waals surface area contributed by atoms with Crippen LogP contribution < -0.4 is 25.5 Å². The van der Waals surface area contributed by atoms with Crippen LogP contribution in [0.15, 0.2) is 188 Å². The van der Waals surface area contributed by atoms with Crippen LogP contribution in [-0.4, -0.2) is 6.71 Å². The second kappa shape index (κ2) is 15.6. The van der Waals surface area contributed by atoms with Gasteiger partial charge in [0.1, 0.15) is 0 Å². The smallest absolute Gasteiger partial charge is 0.264 e. The van der Waals surface area contributed by atoms with Crippen molar-refractivity contribution in [3.63, 3.8) is 0 Å². The van der Waals surface area contributed by atoms with E-state index in [1.54, 1.807) is 0 Å². The lowest BCUT2D eigenvalue weighted by Crippen LogP contribution is -2.60. The summed E-state index contributed by atoms with van der Waals surface area (Å²) in [6.07, 6.45) is 0. The van der Waals surface area contributed by atoms with Crippen LogP contribution in [0.25, 0.3) is 43.5 Å². The largest absolute Gasteiger partial charge is 0.311 e. The van der Waals surface area contributed by atoms with Gasteiger partial charge in [0.05, 0.1) is 11.1 Å². The second-order valence-electron chi connectivity index (χ2n) is 23.5. The highest BCUT2D eigenvalue weighted by atomic mass is 32.1. The van der Waals surface area contributed by atoms with Gasteiger partial charge in [-0.2, -0.15) is 0 Å². The molecule has 354 valence electrons. The average molecular weight is 959 g/mol. The minimum Gasteiger partial charge on any atom is -0.311 e. The maximum atomic E-state index is 2.63. The zero-order valence-corrected chi connectivity index (χ0v) is 44.2. The van der Waals surface area contributed by atoms with Gasteiger partial charge in [0, 0.05) is 43.3 Å². The Balaban J connectivity index is 1.08. The summed E-state index contributed by atoms with van der Waals surface area (Å²) in [4.78, 5) is 5.17. The van der Waals surface area contributed by atoms with Crippen LogP contribution in [0.5, 0.6) is 0 Å². The minimum absolute atomic E-state index is 0.00174. The van der Waals surface area contributed by atoms with Crippen LogP contribution in [0.3, 0.4) is 0 Å². The van der Waals surface area contributed by atoms with Gasteiger partial charge in [-0.05, 0) is 162 Å². The van der Waals surface area contributed by atoms with E-state index >= 15 is 0 Å². The lowest BCUT2D eigenvalue weighted by Gasteiger charge is -2.43. The number of benzene rings is 9. The van der Waals surface area contributed by atoms with Gasteiger partial charge in [0.15, 0.2) is 0 Å². The zero-order valence-electron chi connectivity index (χ0n) is 43.4. The first-order valence-electron chi connectivity index (χ1n) is 26.3. The van der Waals surface area contributed by atoms with Crippen molar-refractivity contribution in [1.82, 2.24) is 0 Å². The summed E-state index contributed by atoms with van der Waals surface area (Å²) >= 11 is 2.01. The molecule has 0 fully saturated rings. The van der Waals surface area contributed by atoms with Gasteiger partial charge < -0.3 is 9.80 Å². The monoisotopic (exact) mass is 958 g/mol. The molecule has 2 aliphatic carbocycles. The van der Waals surface area contributed by atoms with Crippen molar-refractivity contribution in [1.29, 1.82) is 0 Å². The number of hydrogen-bond donors (Lipinski definition) is 0. The molecule has 4 aliphatic rings. The van der Waals surface area contributed by atoms with E-state index in [0.717, 1.165) is 5.69 Å². The van der Waals surface area contributed by atoms with Crippen molar-refractivity contribution >= 4 is 78.0 Å². The Hall–Kier alpha value is -7.40. The van der Waals surface area contributed by atoms with E-state index in [0.29, 0.717) is 5.92 Å². The Morgan fingerprint density at radius 2 is 1.08 bits per heavy atom. The van der Waals surface area contributed by atoms with Gasteiger partial charge in [-0.3, -0.25) is 0 Å². The first kappa shape index (κ1) is 44.3. The predicted octanol–water partition coefficient (Wildman–Crippen LogP) is 17.0. The maximum Gasteiger partial charge on any atom is 0.264 e. The molecule has 2 nitrogen and oxygen atoms in total. The molecular weight excluding hydrogens is 900 g/mol. The van der Waals surface area contributed by atoms with Crippen molar-refractivity contribution in [3.8, 4) is 33.4 Å². The van der Waals surface area contributed by atoms with Crippen LogP contribution in [0.2, 0.25) is 0 Å². The number of aryl methyl sites for hydroxylation is 1. The van der Waals surface area contributed by atoms with Crippen molar-refractivity contribution in [2.45, 2.75) is 84.5 Å². The molecule has 73 heavy (non-hydrogen) atoms. The van der Waals surface area contributed by atoms with Gasteiger partial charge in [-0.25, -0.2) is 0 Å². The number of thiophene rings is 1. The van der Waals surface area contributed by atoms with Crippen LogP contribution in [0, 0.1) is 6.92 Å². The highest BCUT2D eigenvalue weighted by Crippen LogP contribution is 2.64. The third-order valence-corrected chi connectivity index (χ3v) is 18.0. The number of nitrogens with zero attached hydrogens (tertiary/aromatic N) is 2. The molecular formula is C69H59BN2S. The zero-order chi connectivity index (χ0) is 49.9. The third kappa shape index (κ3) is 6.17. The molecule has 14 rings (SSSR count). The molecule has 4 heteroatoms. The molecule has 3 heterocycles. The molecule has 10 aromatic rings. The number of hydrogen-bond acceptors (Lipinski definition) is 3. The summed E-state index contributed by atoms with van der Waals surface area (Å²) < 4.78 is 2.72. The summed E-state index contributed by atoms with van der Waals surface area (Å²) in [6, 6.07) is 72.9. The van der Waals surface area contributed by atoms with Crippen LogP contribution >= 0.6 is 11.3 Å². The molecule has 9 aromatic carbocycles. The highest BCUT2D eigenvalue weighted by Gasteiger charge is 2.53. The number of para-hydroxylation sites is 1. The second-order valence-corrected chi connectivity index (χ2v) is 24.6. The predicted molar refractivity (Wildman–Crippen MR) is 314 cm³/mol. The van der Waals surface area contributed by atoms with E-state index in [9.17, 15) is 0 Å². The molecule has 0 atom stereocenters. The van der Waals surface area contributed by atoms with E-state index in [-0.39, 0.29) is 17.5 Å². The van der Waals surface area contributed by atoms with Crippen LogP contribution in [0.1, 0.15) is 106 Å². The lowest BCUT2D eigenvalue weighted by molar-refractivity contribution is 0.572. The molecule has 1 spiro atoms. The maximum absolute atomic E-state index is 2.63. The van der Waals surface area contributed by atoms with Crippen LogP contribution in [-0.2, 0) is 16.2 Å². The Morgan fingerprint density at radius 3 is 1.74 bits per heavy atom. The Bertz CT molecular complexity index is 3860. The van der Waals surface area contributed by atoms with Crippen LogP contribution in [0.4, 0.5) is 34.1 Å². The van der Waals surface area contributed by atoms with Gasteiger partial charge in [-0.15, -0.1) is 11.3 Å². The molecule has 2 aliphatic heterocycles. The summed E-state index contributed by atoms with van der Waals surface area (Å²) in [6.45, 7) is 21.0. The third-order valence-electron chi connectivity index (χ3n) is 16.8. The Labute approximate surface area is 435 Å². The summed E-state index contributed by atoms with van der Waals surface area (Å²) in [7, 11) is 0. The van der Waals surface area contributed by atoms with Crippen molar-refractivity contribution in [2.75, 3.05) is 9.80 Å². The fourth-order valence-electron chi connectivity index (χ4n) is 13.5. The van der Waals surface area contributed by atoms with E-state index in [2.05, 4.69) is 260 Å². The minimum atomic E-state index is -0.437. The highest BCUT2D eigenvalue weighted by molar-refractivity contribution is 7.33. The van der Waals surface area contributed by atoms with Crippen molar-refractivity contribution in [3.05, 3.63) is 233 Å². The molecule has 0 radical (unpaired) electrons. The molecule has 0 saturated heterocycles. The number of fused-ring (bicyclic) bond motifs is 16. The van der Waals surface area contributed by atoms with E-state index in [1.807, 2.05) is 11.3 Å². The first-order chi connectivity index (χ1) is 35.2. The van der Waals surface area contributed by atoms with Gasteiger partial charge >= 0.3 is 0 Å². The number of anilines is 6. The molecule has 0 unspecified atom stereocenters. The normalized spacial score (nSPS) is 14.5. The summed E-state index contributed by atoms with van der Waals surface area (Å²) in [5.41, 5.74) is 28.4. The SMILES string of the molecule is Cc1ccc(N2c3cccc4c3B(c3ccc(-c5c(C(C)(C)C)cccc5C(C)(C)C)cc3N4c3ccccc3)c3sc4cc5c(cc4c32)-c2ccc(C(C)C)cc2C52c3ccccc3-c3ccccc32)cc1. The molecule has 0 N–H and O–H groups in total. The summed E-state index contributed by atoms with van der Waals surface area (Å²) in [5.74, 6) is 0.405. The Kier molecular flexibility index (Phi) is 9.45. The number of rotatable bonds is 4. The molecule has 0 saturated carbocycles. The Morgan fingerprint density at radius 1 is 0.493 bits per heavy atom. The standard InChI is InChI=1S/C69H59BN2S/c1-41(2)43-31-35-49-50-39-51-62(40-57(50)69(56(49)37-43)52-23-15-13-21-47(52)48-22-14-16-24-53(48)69)73-66-65(51)72(46-33-29-42(3)30-34-46)60-28-18-27-59-64(60)70(66)58-36-32-44(38-61(58)71(59)45-19-11-10-12-20-45)63-54(67(4,5)6)25-17-26-55(63)68(7,8)9/h10-41H,1-9H3. The average Bonchev–Trinajstić information content (AvgIpc) is 4.02. The van der Waals surface area contributed by atoms with Gasteiger partial charge in [0.25, 0.3) is 6.71 Å². The first-order valence-corrected chi connectivity index (χ1v) is 27.1. The van der Waals surface area contributed by atoms with E-state index < -0.39 is 5.41 Å². The molecule has 1 aromatic heterocycles. The molecule has 0 amide bonds.